The van der Waals surface area contributed by atoms with E-state index in [0.29, 0.717) is 5.71 Å². The fourth-order valence-electron chi connectivity index (χ4n) is 0.206. The zero-order chi connectivity index (χ0) is 7.70. The summed E-state index contributed by atoms with van der Waals surface area (Å²) in [7, 11) is 0. The Balaban J connectivity index is 0. The van der Waals surface area contributed by atoms with Crippen molar-refractivity contribution in [2.45, 2.75) is 27.7 Å². The third-order valence-corrected chi connectivity index (χ3v) is 0.456. The molecular weight excluding hydrogens is 114 g/mol. The first-order valence-electron chi connectivity index (χ1n) is 2.92. The van der Waals surface area contributed by atoms with E-state index < -0.39 is 0 Å². The van der Waals surface area contributed by atoms with Crippen molar-refractivity contribution in [1.82, 2.24) is 0 Å². The molecule has 52 valence electrons. The Labute approximate surface area is 56.6 Å². The Morgan fingerprint density at radius 2 is 1.89 bits per heavy atom. The lowest BCUT2D eigenvalue weighted by molar-refractivity contribution is 0.319. The maximum atomic E-state index is 7.95. The molecule has 0 saturated heterocycles. The van der Waals surface area contributed by atoms with Crippen molar-refractivity contribution in [1.29, 1.82) is 0 Å². The van der Waals surface area contributed by atoms with E-state index in [4.69, 9.17) is 5.21 Å². The minimum absolute atomic E-state index is 0.447. The van der Waals surface area contributed by atoms with Gasteiger partial charge in [-0.25, -0.2) is 0 Å². The molecule has 0 fully saturated rings. The highest BCUT2D eigenvalue weighted by atomic mass is 16.4. The van der Waals surface area contributed by atoms with Gasteiger partial charge in [0.15, 0.2) is 0 Å². The zero-order valence-corrected chi connectivity index (χ0v) is 6.39. The van der Waals surface area contributed by atoms with Crippen molar-refractivity contribution < 1.29 is 5.21 Å². The number of hydrogen-bond donors (Lipinski definition) is 1. The van der Waals surface area contributed by atoms with Crippen molar-refractivity contribution >= 4 is 5.71 Å². The molecule has 0 unspecified atom stereocenters. The molecule has 2 heteroatoms. The third kappa shape index (κ3) is 11.0. The lowest BCUT2D eigenvalue weighted by atomic mass is 10.4. The quantitative estimate of drug-likeness (QED) is 0.229. The molecule has 0 aromatic carbocycles. The van der Waals surface area contributed by atoms with Gasteiger partial charge < -0.3 is 5.21 Å². The number of oxime groups is 1. The van der Waals surface area contributed by atoms with Crippen molar-refractivity contribution in [3.05, 3.63) is 0 Å². The van der Waals surface area contributed by atoms with Crippen LogP contribution in [-0.2, 0) is 0 Å². The SMILES string of the molecule is CC.CC#C/C(C)=N/O. The first-order valence-corrected chi connectivity index (χ1v) is 2.92. The molecule has 9 heavy (non-hydrogen) atoms. The first-order chi connectivity index (χ1) is 4.31. The number of rotatable bonds is 0. The van der Waals surface area contributed by atoms with Crippen LogP contribution in [0.15, 0.2) is 5.16 Å². The van der Waals surface area contributed by atoms with E-state index >= 15 is 0 Å². The highest BCUT2D eigenvalue weighted by Crippen LogP contribution is 1.66. The van der Waals surface area contributed by atoms with Gasteiger partial charge in [0.1, 0.15) is 5.71 Å². The molecule has 0 radical (unpaired) electrons. The first kappa shape index (κ1) is 10.9. The van der Waals surface area contributed by atoms with E-state index in [1.54, 1.807) is 13.8 Å². The molecule has 0 aliphatic carbocycles. The van der Waals surface area contributed by atoms with Gasteiger partial charge in [-0.1, -0.05) is 24.9 Å². The van der Waals surface area contributed by atoms with Crippen LogP contribution < -0.4 is 0 Å². The maximum Gasteiger partial charge on any atom is 0.126 e. The second-order valence-corrected chi connectivity index (χ2v) is 1.06. The van der Waals surface area contributed by atoms with Crippen molar-refractivity contribution in [2.75, 3.05) is 0 Å². The summed E-state index contributed by atoms with van der Waals surface area (Å²) < 4.78 is 0. The Morgan fingerprint density at radius 3 is 2.00 bits per heavy atom. The summed E-state index contributed by atoms with van der Waals surface area (Å²) in [6.45, 7) is 7.32. The van der Waals surface area contributed by atoms with E-state index in [-0.39, 0.29) is 0 Å². The summed E-state index contributed by atoms with van der Waals surface area (Å²) in [5, 5.41) is 10.8. The molecule has 0 saturated carbocycles. The number of hydrogen-bond acceptors (Lipinski definition) is 2. The summed E-state index contributed by atoms with van der Waals surface area (Å²) in [6.07, 6.45) is 0. The highest BCUT2D eigenvalue weighted by molar-refractivity contribution is 5.97. The van der Waals surface area contributed by atoms with E-state index in [1.807, 2.05) is 13.8 Å². The van der Waals surface area contributed by atoms with Gasteiger partial charge in [-0.3, -0.25) is 0 Å². The minimum Gasteiger partial charge on any atom is -0.410 e. The summed E-state index contributed by atoms with van der Waals surface area (Å²) in [5.41, 5.74) is 0.447. The van der Waals surface area contributed by atoms with Crippen molar-refractivity contribution in [3.63, 3.8) is 0 Å². The predicted molar refractivity (Wildman–Crippen MR) is 39.7 cm³/mol. The van der Waals surface area contributed by atoms with Gasteiger partial charge >= 0.3 is 0 Å². The second kappa shape index (κ2) is 10.1. The third-order valence-electron chi connectivity index (χ3n) is 0.456. The molecule has 0 rings (SSSR count). The molecule has 0 atom stereocenters. The maximum absolute atomic E-state index is 7.95. The highest BCUT2D eigenvalue weighted by Gasteiger charge is 1.73. The Hall–Kier alpha value is -0.970. The van der Waals surface area contributed by atoms with Crippen LogP contribution in [0.1, 0.15) is 27.7 Å². The van der Waals surface area contributed by atoms with Gasteiger partial charge in [-0.2, -0.15) is 0 Å². The Kier molecular flexibility index (Phi) is 12.3. The van der Waals surface area contributed by atoms with Crippen LogP contribution in [-0.4, -0.2) is 10.9 Å². The Bertz CT molecular complexity index is 128. The molecular formula is C7H13NO. The fraction of sp³-hybridized carbons (Fsp3) is 0.571. The van der Waals surface area contributed by atoms with Gasteiger partial charge in [-0.15, -0.1) is 0 Å². The van der Waals surface area contributed by atoms with Crippen LogP contribution in [0.4, 0.5) is 0 Å². The topological polar surface area (TPSA) is 32.6 Å². The smallest absolute Gasteiger partial charge is 0.126 e. The normalized spacial score (nSPS) is 8.22. The monoisotopic (exact) mass is 127 g/mol. The molecule has 0 aliphatic rings. The molecule has 0 spiro atoms. The number of nitrogens with zero attached hydrogens (tertiary/aromatic N) is 1. The van der Waals surface area contributed by atoms with Gasteiger partial charge in [-0.05, 0) is 19.8 Å². The fourth-order valence-corrected chi connectivity index (χ4v) is 0.206. The zero-order valence-electron chi connectivity index (χ0n) is 6.39. The molecule has 2 nitrogen and oxygen atoms in total. The van der Waals surface area contributed by atoms with Crippen molar-refractivity contribution in [3.8, 4) is 11.8 Å². The van der Waals surface area contributed by atoms with Gasteiger partial charge in [0, 0.05) is 0 Å². The minimum atomic E-state index is 0.447. The Morgan fingerprint density at radius 1 is 1.44 bits per heavy atom. The molecule has 0 amide bonds. The van der Waals surface area contributed by atoms with Crippen LogP contribution >= 0.6 is 0 Å². The molecule has 1 N–H and O–H groups in total. The van der Waals surface area contributed by atoms with Gasteiger partial charge in [0.2, 0.25) is 0 Å². The largest absolute Gasteiger partial charge is 0.410 e. The summed E-state index contributed by atoms with van der Waals surface area (Å²) in [5.74, 6) is 5.12. The summed E-state index contributed by atoms with van der Waals surface area (Å²) in [4.78, 5) is 0. The summed E-state index contributed by atoms with van der Waals surface area (Å²) >= 11 is 0. The summed E-state index contributed by atoms with van der Waals surface area (Å²) in [6, 6.07) is 0. The van der Waals surface area contributed by atoms with E-state index in [1.165, 1.54) is 0 Å². The molecule has 0 aromatic rings. The van der Waals surface area contributed by atoms with Crippen LogP contribution in [0.2, 0.25) is 0 Å². The average Bonchev–Trinajstić information content (AvgIpc) is 1.93. The van der Waals surface area contributed by atoms with Crippen LogP contribution in [0.5, 0.6) is 0 Å². The average molecular weight is 127 g/mol. The lowest BCUT2D eigenvalue weighted by Crippen LogP contribution is -1.81. The van der Waals surface area contributed by atoms with Gasteiger partial charge in [0.25, 0.3) is 0 Å². The van der Waals surface area contributed by atoms with Crippen LogP contribution in [0.25, 0.3) is 0 Å². The van der Waals surface area contributed by atoms with Gasteiger partial charge in [0.05, 0.1) is 0 Å². The molecule has 0 bridgehead atoms. The predicted octanol–water partition coefficient (Wildman–Crippen LogP) is 1.89. The molecule has 0 aliphatic heterocycles. The lowest BCUT2D eigenvalue weighted by Gasteiger charge is -1.74. The van der Waals surface area contributed by atoms with Crippen molar-refractivity contribution in [2.24, 2.45) is 5.16 Å². The van der Waals surface area contributed by atoms with E-state index in [9.17, 15) is 0 Å². The molecule has 0 aromatic heterocycles. The van der Waals surface area contributed by atoms with E-state index in [2.05, 4.69) is 17.0 Å². The molecule has 0 heterocycles. The van der Waals surface area contributed by atoms with E-state index in [0.717, 1.165) is 0 Å². The second-order valence-electron chi connectivity index (χ2n) is 1.06. The van der Waals surface area contributed by atoms with Crippen LogP contribution in [0, 0.1) is 11.8 Å². The van der Waals surface area contributed by atoms with Crippen LogP contribution in [0.3, 0.4) is 0 Å². The standard InChI is InChI=1S/C5H7NO.C2H6/c1-3-4-5(2)6-7;1-2/h7H,1-2H3;1-2H3/b6-5+;.